The molecule has 2 amide bonds. The molecule has 0 spiro atoms. The minimum atomic E-state index is -0.246. The summed E-state index contributed by atoms with van der Waals surface area (Å²) >= 11 is 0. The maximum Gasteiger partial charge on any atom is 0.228 e. The molecule has 1 aromatic carbocycles. The van der Waals surface area contributed by atoms with Crippen molar-refractivity contribution in [3.8, 4) is 0 Å². The zero-order valence-electron chi connectivity index (χ0n) is 15.5. The van der Waals surface area contributed by atoms with Gasteiger partial charge in [-0.2, -0.15) is 0 Å². The number of carbonyl (C=O) groups is 2. The Balaban J connectivity index is 1.75. The summed E-state index contributed by atoms with van der Waals surface area (Å²) in [7, 11) is 1.87. The molecule has 0 N–H and O–H groups in total. The Morgan fingerprint density at radius 2 is 2.04 bits per heavy atom. The van der Waals surface area contributed by atoms with Gasteiger partial charge >= 0.3 is 0 Å². The Labute approximate surface area is 149 Å². The zero-order valence-corrected chi connectivity index (χ0v) is 15.5. The molecule has 0 bridgehead atoms. The fourth-order valence-corrected chi connectivity index (χ4v) is 4.02. The van der Waals surface area contributed by atoms with E-state index in [-0.39, 0.29) is 23.8 Å². The maximum atomic E-state index is 12.9. The van der Waals surface area contributed by atoms with Crippen LogP contribution in [0.5, 0.6) is 0 Å². The van der Waals surface area contributed by atoms with Crippen LogP contribution in [0.15, 0.2) is 18.2 Å². The van der Waals surface area contributed by atoms with E-state index in [9.17, 15) is 9.59 Å². The molecule has 1 aromatic rings. The first-order valence-electron chi connectivity index (χ1n) is 9.26. The Hall–Kier alpha value is -1.88. The Kier molecular flexibility index (Phi) is 5.42. The van der Waals surface area contributed by atoms with Crippen LogP contribution in [0.25, 0.3) is 0 Å². The summed E-state index contributed by atoms with van der Waals surface area (Å²) in [6.45, 7) is 6.04. The molecule has 0 saturated carbocycles. The Morgan fingerprint density at radius 1 is 1.32 bits per heavy atom. The minimum Gasteiger partial charge on any atom is -0.381 e. The van der Waals surface area contributed by atoms with E-state index in [4.69, 9.17) is 4.74 Å². The zero-order chi connectivity index (χ0) is 18.0. The van der Waals surface area contributed by atoms with Crippen LogP contribution >= 0.6 is 0 Å². The second kappa shape index (κ2) is 7.56. The molecular formula is C20H28N2O3. The van der Waals surface area contributed by atoms with E-state index in [1.807, 2.05) is 35.9 Å². The molecule has 3 rings (SSSR count). The van der Waals surface area contributed by atoms with Gasteiger partial charge in [0.05, 0.1) is 5.92 Å². The molecule has 2 aliphatic heterocycles. The first-order chi connectivity index (χ1) is 12.0. The SMILES string of the molecule is CCc1cccc(C)c1N1CC(C(=O)N(C)C2CCOCC2)CC1=O. The summed E-state index contributed by atoms with van der Waals surface area (Å²) in [6, 6.07) is 6.36. The minimum absolute atomic E-state index is 0.0581. The summed E-state index contributed by atoms with van der Waals surface area (Å²) in [6.07, 6.45) is 2.94. The lowest BCUT2D eigenvalue weighted by Crippen LogP contribution is -2.44. The summed E-state index contributed by atoms with van der Waals surface area (Å²) < 4.78 is 5.39. The van der Waals surface area contributed by atoms with Crippen LogP contribution in [-0.2, 0) is 20.7 Å². The van der Waals surface area contributed by atoms with E-state index in [0.29, 0.717) is 26.2 Å². The van der Waals surface area contributed by atoms with Crippen LogP contribution in [0.3, 0.4) is 0 Å². The summed E-state index contributed by atoms with van der Waals surface area (Å²) in [5.41, 5.74) is 3.26. The van der Waals surface area contributed by atoms with Crippen molar-refractivity contribution in [1.82, 2.24) is 4.90 Å². The number of nitrogens with zero attached hydrogens (tertiary/aromatic N) is 2. The molecule has 5 heteroatoms. The molecule has 2 heterocycles. The lowest BCUT2D eigenvalue weighted by molar-refractivity contribution is -0.138. The van der Waals surface area contributed by atoms with Gasteiger partial charge in [0.2, 0.25) is 11.8 Å². The largest absolute Gasteiger partial charge is 0.381 e. The molecular weight excluding hydrogens is 316 g/mol. The quantitative estimate of drug-likeness (QED) is 0.843. The van der Waals surface area contributed by atoms with Gasteiger partial charge in [-0.3, -0.25) is 9.59 Å². The molecule has 136 valence electrons. The average molecular weight is 344 g/mol. The second-order valence-corrected chi connectivity index (χ2v) is 7.13. The topological polar surface area (TPSA) is 49.9 Å². The van der Waals surface area contributed by atoms with Crippen molar-refractivity contribution in [1.29, 1.82) is 0 Å². The number of ether oxygens (including phenoxy) is 1. The number of amides is 2. The molecule has 2 saturated heterocycles. The molecule has 25 heavy (non-hydrogen) atoms. The fraction of sp³-hybridized carbons (Fsp3) is 0.600. The van der Waals surface area contributed by atoms with Gasteiger partial charge in [0.15, 0.2) is 0 Å². The average Bonchev–Trinajstić information content (AvgIpc) is 3.02. The van der Waals surface area contributed by atoms with Crippen molar-refractivity contribution in [2.24, 2.45) is 5.92 Å². The van der Waals surface area contributed by atoms with E-state index in [0.717, 1.165) is 30.5 Å². The highest BCUT2D eigenvalue weighted by Gasteiger charge is 2.39. The number of carbonyl (C=O) groups excluding carboxylic acids is 2. The van der Waals surface area contributed by atoms with E-state index in [1.165, 1.54) is 5.56 Å². The van der Waals surface area contributed by atoms with Gasteiger partial charge in [0.1, 0.15) is 0 Å². The van der Waals surface area contributed by atoms with Crippen LogP contribution in [-0.4, -0.2) is 49.6 Å². The van der Waals surface area contributed by atoms with E-state index in [1.54, 1.807) is 0 Å². The monoisotopic (exact) mass is 344 g/mol. The first-order valence-corrected chi connectivity index (χ1v) is 9.26. The number of para-hydroxylation sites is 1. The van der Waals surface area contributed by atoms with Crippen molar-refractivity contribution >= 4 is 17.5 Å². The first kappa shape index (κ1) is 17.9. The normalized spacial score (nSPS) is 21.6. The summed E-state index contributed by atoms with van der Waals surface area (Å²) in [5, 5.41) is 0. The number of benzene rings is 1. The van der Waals surface area contributed by atoms with Crippen molar-refractivity contribution in [3.63, 3.8) is 0 Å². The Bertz CT molecular complexity index is 652. The molecule has 0 aromatic heterocycles. The van der Waals surface area contributed by atoms with Crippen LogP contribution in [0, 0.1) is 12.8 Å². The van der Waals surface area contributed by atoms with Gasteiger partial charge in [-0.1, -0.05) is 25.1 Å². The summed E-state index contributed by atoms with van der Waals surface area (Å²) in [4.78, 5) is 29.2. The fourth-order valence-electron chi connectivity index (χ4n) is 4.02. The van der Waals surface area contributed by atoms with Crippen molar-refractivity contribution in [3.05, 3.63) is 29.3 Å². The number of anilines is 1. The molecule has 2 aliphatic rings. The highest BCUT2D eigenvalue weighted by molar-refractivity contribution is 6.01. The molecule has 1 atom stereocenters. The third kappa shape index (κ3) is 3.56. The van der Waals surface area contributed by atoms with Gasteiger partial charge in [-0.05, 0) is 37.3 Å². The third-order valence-electron chi connectivity index (χ3n) is 5.53. The molecule has 0 radical (unpaired) electrons. The maximum absolute atomic E-state index is 12.9. The molecule has 1 unspecified atom stereocenters. The standard InChI is InChI=1S/C20H28N2O3/c1-4-15-7-5-6-14(2)19(15)22-13-16(12-18(22)23)20(24)21(3)17-8-10-25-11-9-17/h5-7,16-17H,4,8-13H2,1-3H3. The predicted octanol–water partition coefficient (Wildman–Crippen LogP) is 2.55. The van der Waals surface area contributed by atoms with Crippen molar-refractivity contribution in [2.45, 2.75) is 45.6 Å². The lowest BCUT2D eigenvalue weighted by atomic mass is 10.0. The number of rotatable bonds is 4. The third-order valence-corrected chi connectivity index (χ3v) is 5.53. The van der Waals surface area contributed by atoms with Gasteiger partial charge < -0.3 is 14.5 Å². The van der Waals surface area contributed by atoms with Crippen LogP contribution in [0.4, 0.5) is 5.69 Å². The van der Waals surface area contributed by atoms with Gasteiger partial charge in [0, 0.05) is 45.0 Å². The highest BCUT2D eigenvalue weighted by Crippen LogP contribution is 2.32. The van der Waals surface area contributed by atoms with E-state index < -0.39 is 0 Å². The second-order valence-electron chi connectivity index (χ2n) is 7.13. The predicted molar refractivity (Wildman–Crippen MR) is 97.6 cm³/mol. The lowest BCUT2D eigenvalue weighted by Gasteiger charge is -2.32. The van der Waals surface area contributed by atoms with Crippen LogP contribution in [0.2, 0.25) is 0 Å². The van der Waals surface area contributed by atoms with Crippen molar-refractivity contribution < 1.29 is 14.3 Å². The summed E-state index contributed by atoms with van der Waals surface area (Å²) in [5.74, 6) is -0.0956. The molecule has 5 nitrogen and oxygen atoms in total. The van der Waals surface area contributed by atoms with E-state index in [2.05, 4.69) is 13.0 Å². The van der Waals surface area contributed by atoms with Gasteiger partial charge in [-0.25, -0.2) is 0 Å². The molecule has 2 fully saturated rings. The Morgan fingerprint density at radius 3 is 2.72 bits per heavy atom. The molecule has 0 aliphatic carbocycles. The van der Waals surface area contributed by atoms with E-state index >= 15 is 0 Å². The van der Waals surface area contributed by atoms with Crippen molar-refractivity contribution in [2.75, 3.05) is 31.7 Å². The van der Waals surface area contributed by atoms with Crippen LogP contribution in [0.1, 0.15) is 37.3 Å². The smallest absolute Gasteiger partial charge is 0.228 e. The van der Waals surface area contributed by atoms with Gasteiger partial charge in [-0.15, -0.1) is 0 Å². The number of hydrogen-bond donors (Lipinski definition) is 0. The number of hydrogen-bond acceptors (Lipinski definition) is 3. The van der Waals surface area contributed by atoms with Crippen LogP contribution < -0.4 is 4.90 Å². The number of aryl methyl sites for hydroxylation is 2. The highest BCUT2D eigenvalue weighted by atomic mass is 16.5. The van der Waals surface area contributed by atoms with Gasteiger partial charge in [0.25, 0.3) is 0 Å².